The van der Waals surface area contributed by atoms with Gasteiger partial charge in [0.1, 0.15) is 12.3 Å². The Kier molecular flexibility index (Phi) is 7.23. The van der Waals surface area contributed by atoms with Crippen LogP contribution in [-0.2, 0) is 31.6 Å². The molecular weight excluding hydrogens is 465 g/mol. The van der Waals surface area contributed by atoms with E-state index in [2.05, 4.69) is 13.1 Å². The number of phosphoric ester groups is 1. The zero-order chi connectivity index (χ0) is 22.2. The fourth-order valence-electron chi connectivity index (χ4n) is 2.31. The van der Waals surface area contributed by atoms with E-state index in [1.165, 1.54) is 13.1 Å². The van der Waals surface area contributed by atoms with Crippen LogP contribution in [0.3, 0.4) is 0 Å². The van der Waals surface area contributed by atoms with Crippen LogP contribution in [0.4, 0.5) is 0 Å². The third-order valence-electron chi connectivity index (χ3n) is 3.48. The van der Waals surface area contributed by atoms with Crippen LogP contribution < -0.4 is 11.2 Å². The van der Waals surface area contributed by atoms with Gasteiger partial charge in [0.2, 0.25) is 0 Å². The lowest BCUT2D eigenvalue weighted by Crippen LogP contribution is -2.33. The zero-order valence-electron chi connectivity index (χ0n) is 14.4. The normalized spacial score (nSPS) is 26.8. The zero-order valence-corrected chi connectivity index (χ0v) is 17.1. The molecular formula is C10H17N2O14P3. The molecule has 1 aliphatic heterocycles. The van der Waals surface area contributed by atoms with Crippen molar-refractivity contribution in [3.8, 4) is 0 Å². The summed E-state index contributed by atoms with van der Waals surface area (Å²) in [4.78, 5) is 60.6. The molecule has 3 unspecified atom stereocenters. The maximum Gasteiger partial charge on any atom is 0.490 e. The molecule has 0 bridgehead atoms. The van der Waals surface area contributed by atoms with E-state index in [1.807, 2.05) is 4.98 Å². The summed E-state index contributed by atoms with van der Waals surface area (Å²) < 4.78 is 51.3. The van der Waals surface area contributed by atoms with Gasteiger partial charge in [-0.3, -0.25) is 18.9 Å². The Bertz CT molecular complexity index is 1010. The molecule has 2 rings (SSSR count). The van der Waals surface area contributed by atoms with Crippen molar-refractivity contribution in [2.45, 2.75) is 31.8 Å². The molecule has 0 saturated carbocycles. The van der Waals surface area contributed by atoms with Crippen molar-refractivity contribution < 1.29 is 56.3 Å². The van der Waals surface area contributed by atoms with E-state index < -0.39 is 59.8 Å². The number of aromatic amines is 1. The molecule has 0 spiro atoms. The molecule has 29 heavy (non-hydrogen) atoms. The standard InChI is InChI=1S/C10H17N2O14P3/c1-5-3-12(10(15)11-9(5)14)8-2-6(13)7(24-8)4-23-28(19,20)26-29(21,22)25-27(16,17)18/h3,6-8,13H,2,4H2,1H3,(H,19,20)(H,21,22)(H,11,14,15)(H2,16,17,18)/t6-,7+,8?/m0/s1. The maximum atomic E-state index is 11.9. The molecule has 1 fully saturated rings. The number of nitrogens with zero attached hydrogens (tertiary/aromatic N) is 1. The van der Waals surface area contributed by atoms with Gasteiger partial charge in [0.25, 0.3) is 5.56 Å². The van der Waals surface area contributed by atoms with Crippen LogP contribution in [0.1, 0.15) is 18.2 Å². The summed E-state index contributed by atoms with van der Waals surface area (Å²) in [6, 6.07) is 0. The van der Waals surface area contributed by atoms with E-state index in [-0.39, 0.29) is 12.0 Å². The van der Waals surface area contributed by atoms with Crippen LogP contribution in [0.2, 0.25) is 0 Å². The molecule has 16 nitrogen and oxygen atoms in total. The Morgan fingerprint density at radius 2 is 1.79 bits per heavy atom. The van der Waals surface area contributed by atoms with Crippen molar-refractivity contribution in [3.63, 3.8) is 0 Å². The topological polar surface area (TPSA) is 244 Å². The van der Waals surface area contributed by atoms with E-state index in [1.54, 1.807) is 0 Å². The van der Waals surface area contributed by atoms with Gasteiger partial charge >= 0.3 is 29.2 Å². The van der Waals surface area contributed by atoms with Gasteiger partial charge in [-0.15, -0.1) is 0 Å². The van der Waals surface area contributed by atoms with Crippen LogP contribution in [0.25, 0.3) is 0 Å². The summed E-state index contributed by atoms with van der Waals surface area (Å²) in [5.41, 5.74) is -1.26. The highest BCUT2D eigenvalue weighted by Crippen LogP contribution is 2.66. The first-order valence-electron chi connectivity index (χ1n) is 7.52. The fourth-order valence-corrected chi connectivity index (χ4v) is 5.34. The second-order valence-corrected chi connectivity index (χ2v) is 10.2. The molecule has 0 radical (unpaired) electrons. The Hall–Kier alpha value is -0.990. The van der Waals surface area contributed by atoms with Gasteiger partial charge in [0.05, 0.1) is 12.7 Å². The first kappa shape index (κ1) is 24.3. The quantitative estimate of drug-likeness (QED) is 0.239. The molecule has 0 aliphatic carbocycles. The molecule has 19 heteroatoms. The van der Waals surface area contributed by atoms with Crippen molar-refractivity contribution in [2.75, 3.05) is 6.61 Å². The number of H-pyrrole nitrogens is 1. The predicted molar refractivity (Wildman–Crippen MR) is 90.4 cm³/mol. The van der Waals surface area contributed by atoms with E-state index in [4.69, 9.17) is 19.4 Å². The van der Waals surface area contributed by atoms with Gasteiger partial charge in [-0.05, 0) is 6.92 Å². The summed E-state index contributed by atoms with van der Waals surface area (Å²) in [6.45, 7) is 0.547. The lowest BCUT2D eigenvalue weighted by Gasteiger charge is -2.19. The number of ether oxygens (including phenoxy) is 1. The van der Waals surface area contributed by atoms with Gasteiger partial charge in [-0.25, -0.2) is 18.5 Å². The van der Waals surface area contributed by atoms with Gasteiger partial charge in [-0.2, -0.15) is 8.62 Å². The summed E-state index contributed by atoms with van der Waals surface area (Å²) in [6.07, 6.45) is -2.67. The summed E-state index contributed by atoms with van der Waals surface area (Å²) >= 11 is 0. The Morgan fingerprint density at radius 3 is 2.38 bits per heavy atom. The predicted octanol–water partition coefficient (Wildman–Crippen LogP) is -1.16. The highest BCUT2D eigenvalue weighted by Gasteiger charge is 2.42. The number of aliphatic hydroxyl groups is 1. The number of aliphatic hydroxyl groups excluding tert-OH is 1. The minimum absolute atomic E-state index is 0.171. The van der Waals surface area contributed by atoms with Crippen molar-refractivity contribution >= 4 is 23.5 Å². The molecule has 2 heterocycles. The van der Waals surface area contributed by atoms with Crippen molar-refractivity contribution in [1.82, 2.24) is 9.55 Å². The first-order valence-corrected chi connectivity index (χ1v) is 12.0. The number of hydrogen-bond donors (Lipinski definition) is 6. The Balaban J connectivity index is 2.03. The van der Waals surface area contributed by atoms with Crippen LogP contribution in [-0.4, -0.2) is 53.0 Å². The van der Waals surface area contributed by atoms with E-state index >= 15 is 0 Å². The van der Waals surface area contributed by atoms with Gasteiger partial charge in [0.15, 0.2) is 0 Å². The van der Waals surface area contributed by atoms with Crippen molar-refractivity contribution in [3.05, 3.63) is 32.6 Å². The van der Waals surface area contributed by atoms with Crippen LogP contribution in [0.15, 0.2) is 15.8 Å². The summed E-state index contributed by atoms with van der Waals surface area (Å²) in [7, 11) is -16.6. The summed E-state index contributed by atoms with van der Waals surface area (Å²) in [5.74, 6) is 0. The molecule has 166 valence electrons. The Morgan fingerprint density at radius 1 is 1.17 bits per heavy atom. The van der Waals surface area contributed by atoms with Gasteiger partial charge < -0.3 is 29.4 Å². The number of rotatable bonds is 8. The number of aryl methyl sites for hydroxylation is 1. The number of hydrogen-bond acceptors (Lipinski definition) is 10. The maximum absolute atomic E-state index is 11.9. The van der Waals surface area contributed by atoms with Gasteiger partial charge in [-0.1, -0.05) is 0 Å². The average Bonchev–Trinajstić information content (AvgIpc) is 2.86. The molecule has 1 saturated heterocycles. The summed E-state index contributed by atoms with van der Waals surface area (Å²) in [5, 5.41) is 9.98. The Labute approximate surface area is 161 Å². The third-order valence-corrected chi connectivity index (χ3v) is 7.28. The minimum Gasteiger partial charge on any atom is -0.390 e. The largest absolute Gasteiger partial charge is 0.490 e. The minimum atomic E-state index is -5.67. The first-order chi connectivity index (χ1) is 13.1. The highest BCUT2D eigenvalue weighted by atomic mass is 31.3. The monoisotopic (exact) mass is 482 g/mol. The van der Waals surface area contributed by atoms with Crippen molar-refractivity contribution in [1.29, 1.82) is 0 Å². The third kappa shape index (κ3) is 7.03. The highest BCUT2D eigenvalue weighted by molar-refractivity contribution is 7.66. The smallest absolute Gasteiger partial charge is 0.390 e. The molecule has 5 atom stereocenters. The molecule has 0 amide bonds. The van der Waals surface area contributed by atoms with Crippen molar-refractivity contribution in [2.24, 2.45) is 0 Å². The van der Waals surface area contributed by atoms with E-state index in [0.29, 0.717) is 0 Å². The van der Waals surface area contributed by atoms with Crippen LogP contribution >= 0.6 is 23.5 Å². The SMILES string of the molecule is Cc1cn(C2C[C@H](O)[C@@H](COP(=O)(O)OP(=O)(O)OP(=O)(O)O)O2)c(=O)[nH]c1=O. The van der Waals surface area contributed by atoms with Gasteiger partial charge in [0, 0.05) is 18.2 Å². The number of phosphoric acid groups is 3. The average molecular weight is 482 g/mol. The molecule has 1 aliphatic rings. The number of nitrogens with one attached hydrogen (secondary N) is 1. The lowest BCUT2D eigenvalue weighted by molar-refractivity contribution is -0.0450. The fraction of sp³-hybridized carbons (Fsp3) is 0.600. The number of aromatic nitrogens is 2. The second kappa shape index (κ2) is 8.63. The van der Waals surface area contributed by atoms with Crippen LogP contribution in [0, 0.1) is 6.92 Å². The lowest BCUT2D eigenvalue weighted by atomic mass is 10.2. The molecule has 1 aromatic heterocycles. The van der Waals surface area contributed by atoms with E-state index in [9.17, 15) is 33.3 Å². The van der Waals surface area contributed by atoms with Crippen LogP contribution in [0.5, 0.6) is 0 Å². The second-order valence-electron chi connectivity index (χ2n) is 5.80. The molecule has 6 N–H and O–H groups in total. The molecule has 0 aromatic carbocycles. The van der Waals surface area contributed by atoms with E-state index in [0.717, 1.165) is 4.57 Å². The molecule has 1 aromatic rings.